The van der Waals surface area contributed by atoms with Gasteiger partial charge in [0, 0.05) is 18.7 Å². The van der Waals surface area contributed by atoms with Crippen LogP contribution in [0.3, 0.4) is 0 Å². The van der Waals surface area contributed by atoms with Crippen LogP contribution in [0.15, 0.2) is 48.5 Å². The summed E-state index contributed by atoms with van der Waals surface area (Å²) >= 11 is 0. The van der Waals surface area contributed by atoms with E-state index in [1.54, 1.807) is 18.2 Å². The number of hydrogen-bond donors (Lipinski definition) is 2. The molecule has 2 aromatic rings. The molecule has 0 bridgehead atoms. The third kappa shape index (κ3) is 3.09. The van der Waals surface area contributed by atoms with Gasteiger partial charge in [0.1, 0.15) is 0 Å². The van der Waals surface area contributed by atoms with Crippen LogP contribution < -0.4 is 16.4 Å². The summed E-state index contributed by atoms with van der Waals surface area (Å²) in [5.74, 6) is -0.443. The summed E-state index contributed by atoms with van der Waals surface area (Å²) in [4.78, 5) is 13.4. The molecular formula is C16H19N3O. The van der Waals surface area contributed by atoms with Crippen LogP contribution in [0.25, 0.3) is 0 Å². The Bertz CT molecular complexity index is 596. The van der Waals surface area contributed by atoms with Crippen LogP contribution in [0.1, 0.15) is 22.8 Å². The standard InChI is InChI=1S/C16H19N3O/c1-2-19(11-12-6-4-3-5-7-12)15-10-13(16(18)20)8-9-14(15)17/h3-10H,2,11,17H2,1H3,(H2,18,20). The summed E-state index contributed by atoms with van der Waals surface area (Å²) in [5, 5.41) is 0. The van der Waals surface area contributed by atoms with E-state index in [4.69, 9.17) is 11.5 Å². The molecule has 0 saturated heterocycles. The zero-order valence-corrected chi connectivity index (χ0v) is 11.5. The predicted molar refractivity (Wildman–Crippen MR) is 82.5 cm³/mol. The minimum absolute atomic E-state index is 0.443. The van der Waals surface area contributed by atoms with Crippen LogP contribution in [-0.2, 0) is 6.54 Å². The minimum Gasteiger partial charge on any atom is -0.397 e. The fourth-order valence-corrected chi connectivity index (χ4v) is 2.14. The van der Waals surface area contributed by atoms with Gasteiger partial charge < -0.3 is 16.4 Å². The second kappa shape index (κ2) is 6.10. The van der Waals surface area contributed by atoms with Crippen molar-refractivity contribution in [3.8, 4) is 0 Å². The molecule has 0 unspecified atom stereocenters. The summed E-state index contributed by atoms with van der Waals surface area (Å²) in [6.45, 7) is 3.59. The Kier molecular flexibility index (Phi) is 4.25. The van der Waals surface area contributed by atoms with Gasteiger partial charge in [-0.05, 0) is 30.7 Å². The maximum absolute atomic E-state index is 11.3. The van der Waals surface area contributed by atoms with Gasteiger partial charge in [0.05, 0.1) is 11.4 Å². The topological polar surface area (TPSA) is 72.3 Å². The second-order valence-electron chi connectivity index (χ2n) is 4.64. The lowest BCUT2D eigenvalue weighted by atomic mass is 10.1. The van der Waals surface area contributed by atoms with Crippen molar-refractivity contribution in [3.63, 3.8) is 0 Å². The highest BCUT2D eigenvalue weighted by atomic mass is 16.1. The molecule has 2 rings (SSSR count). The SMILES string of the molecule is CCN(Cc1ccccc1)c1cc(C(N)=O)ccc1N. The number of nitrogens with two attached hydrogens (primary N) is 2. The number of benzene rings is 2. The van der Waals surface area contributed by atoms with E-state index in [9.17, 15) is 4.79 Å². The maximum atomic E-state index is 11.3. The zero-order chi connectivity index (χ0) is 14.5. The van der Waals surface area contributed by atoms with Crippen molar-refractivity contribution < 1.29 is 4.79 Å². The molecule has 0 fully saturated rings. The highest BCUT2D eigenvalue weighted by Gasteiger charge is 2.11. The smallest absolute Gasteiger partial charge is 0.248 e. The van der Waals surface area contributed by atoms with Crippen molar-refractivity contribution in [2.24, 2.45) is 5.73 Å². The number of anilines is 2. The Morgan fingerprint density at radius 1 is 1.15 bits per heavy atom. The van der Waals surface area contributed by atoms with Crippen molar-refractivity contribution in [1.82, 2.24) is 0 Å². The average Bonchev–Trinajstić information content (AvgIpc) is 2.46. The molecule has 0 aliphatic heterocycles. The summed E-state index contributed by atoms with van der Waals surface area (Å²) in [5.41, 5.74) is 14.5. The van der Waals surface area contributed by atoms with E-state index in [1.165, 1.54) is 5.56 Å². The number of nitrogens with zero attached hydrogens (tertiary/aromatic N) is 1. The van der Waals surface area contributed by atoms with Gasteiger partial charge >= 0.3 is 0 Å². The second-order valence-corrected chi connectivity index (χ2v) is 4.64. The van der Waals surface area contributed by atoms with Gasteiger partial charge in [0.2, 0.25) is 5.91 Å². The van der Waals surface area contributed by atoms with E-state index in [1.807, 2.05) is 18.2 Å². The summed E-state index contributed by atoms with van der Waals surface area (Å²) < 4.78 is 0. The largest absolute Gasteiger partial charge is 0.397 e. The summed E-state index contributed by atoms with van der Waals surface area (Å²) in [6.07, 6.45) is 0. The number of primary amides is 1. The molecule has 4 nitrogen and oxygen atoms in total. The van der Waals surface area contributed by atoms with E-state index >= 15 is 0 Å². The van der Waals surface area contributed by atoms with Crippen molar-refractivity contribution in [1.29, 1.82) is 0 Å². The van der Waals surface area contributed by atoms with E-state index in [-0.39, 0.29) is 0 Å². The number of carbonyl (C=O) groups excluding carboxylic acids is 1. The molecule has 1 amide bonds. The molecule has 0 aromatic heterocycles. The number of amides is 1. The van der Waals surface area contributed by atoms with Crippen LogP contribution in [0.4, 0.5) is 11.4 Å². The van der Waals surface area contributed by atoms with Gasteiger partial charge in [0.25, 0.3) is 0 Å². The monoisotopic (exact) mass is 269 g/mol. The average molecular weight is 269 g/mol. The molecule has 0 aliphatic rings. The van der Waals surface area contributed by atoms with Crippen LogP contribution in [-0.4, -0.2) is 12.5 Å². The van der Waals surface area contributed by atoms with E-state index in [0.717, 1.165) is 18.8 Å². The summed E-state index contributed by atoms with van der Waals surface area (Å²) in [7, 11) is 0. The van der Waals surface area contributed by atoms with Gasteiger partial charge in [-0.1, -0.05) is 30.3 Å². The molecule has 0 aliphatic carbocycles. The van der Waals surface area contributed by atoms with Gasteiger partial charge in [-0.15, -0.1) is 0 Å². The Labute approximate surface area is 119 Å². The molecule has 4 N–H and O–H groups in total. The van der Waals surface area contributed by atoms with Crippen molar-refractivity contribution in [3.05, 3.63) is 59.7 Å². The molecule has 0 spiro atoms. The number of carbonyl (C=O) groups is 1. The van der Waals surface area contributed by atoms with Crippen molar-refractivity contribution >= 4 is 17.3 Å². The molecule has 4 heteroatoms. The van der Waals surface area contributed by atoms with Crippen LogP contribution in [0, 0.1) is 0 Å². The predicted octanol–water partition coefficient (Wildman–Crippen LogP) is 2.39. The molecule has 0 heterocycles. The Balaban J connectivity index is 2.31. The third-order valence-electron chi connectivity index (χ3n) is 3.25. The van der Waals surface area contributed by atoms with Gasteiger partial charge in [-0.3, -0.25) is 4.79 Å². The van der Waals surface area contributed by atoms with Gasteiger partial charge in [-0.2, -0.15) is 0 Å². The first-order valence-electron chi connectivity index (χ1n) is 6.60. The Morgan fingerprint density at radius 3 is 2.45 bits per heavy atom. The minimum atomic E-state index is -0.443. The normalized spacial score (nSPS) is 10.2. The van der Waals surface area contributed by atoms with Crippen LogP contribution >= 0.6 is 0 Å². The first kappa shape index (κ1) is 13.9. The zero-order valence-electron chi connectivity index (χ0n) is 11.5. The lowest BCUT2D eigenvalue weighted by molar-refractivity contribution is 0.100. The molecule has 2 aromatic carbocycles. The molecule has 104 valence electrons. The fourth-order valence-electron chi connectivity index (χ4n) is 2.14. The van der Waals surface area contributed by atoms with Gasteiger partial charge in [0.15, 0.2) is 0 Å². The highest BCUT2D eigenvalue weighted by molar-refractivity contribution is 5.95. The highest BCUT2D eigenvalue weighted by Crippen LogP contribution is 2.26. The quantitative estimate of drug-likeness (QED) is 0.819. The molecule has 0 saturated carbocycles. The fraction of sp³-hybridized carbons (Fsp3) is 0.188. The van der Waals surface area contributed by atoms with Crippen LogP contribution in [0.5, 0.6) is 0 Å². The lowest BCUT2D eigenvalue weighted by Crippen LogP contribution is -2.24. The first-order chi connectivity index (χ1) is 9.61. The third-order valence-corrected chi connectivity index (χ3v) is 3.25. The Hall–Kier alpha value is -2.49. The van der Waals surface area contributed by atoms with Crippen LogP contribution in [0.2, 0.25) is 0 Å². The van der Waals surface area contributed by atoms with Gasteiger partial charge in [-0.25, -0.2) is 0 Å². The first-order valence-corrected chi connectivity index (χ1v) is 6.60. The number of hydrogen-bond acceptors (Lipinski definition) is 3. The van der Waals surface area contributed by atoms with Crippen molar-refractivity contribution in [2.75, 3.05) is 17.2 Å². The van der Waals surface area contributed by atoms with E-state index in [2.05, 4.69) is 24.0 Å². The maximum Gasteiger partial charge on any atom is 0.248 e. The Morgan fingerprint density at radius 2 is 1.85 bits per heavy atom. The number of nitrogen functional groups attached to an aromatic ring is 1. The van der Waals surface area contributed by atoms with E-state index < -0.39 is 5.91 Å². The molecule has 0 atom stereocenters. The van der Waals surface area contributed by atoms with E-state index in [0.29, 0.717) is 11.3 Å². The molecule has 20 heavy (non-hydrogen) atoms. The van der Waals surface area contributed by atoms with Crippen molar-refractivity contribution in [2.45, 2.75) is 13.5 Å². The lowest BCUT2D eigenvalue weighted by Gasteiger charge is -2.25. The molecule has 0 radical (unpaired) electrons. The summed E-state index contributed by atoms with van der Waals surface area (Å²) in [6, 6.07) is 15.3. The molecular weight excluding hydrogens is 250 g/mol. The number of rotatable bonds is 5.